The summed E-state index contributed by atoms with van der Waals surface area (Å²) in [6.45, 7) is 6.11. The van der Waals surface area contributed by atoms with Gasteiger partial charge >= 0.3 is 0 Å². The van der Waals surface area contributed by atoms with Crippen molar-refractivity contribution in [3.63, 3.8) is 0 Å². The summed E-state index contributed by atoms with van der Waals surface area (Å²) in [5.41, 5.74) is 11.9. The van der Waals surface area contributed by atoms with Crippen LogP contribution >= 0.6 is 0 Å². The van der Waals surface area contributed by atoms with E-state index in [9.17, 15) is 0 Å². The van der Waals surface area contributed by atoms with E-state index in [0.717, 1.165) is 27.9 Å². The van der Waals surface area contributed by atoms with Gasteiger partial charge in [0, 0.05) is 11.3 Å². The van der Waals surface area contributed by atoms with Gasteiger partial charge in [0.25, 0.3) is 0 Å². The molecule has 5 heteroatoms. The summed E-state index contributed by atoms with van der Waals surface area (Å²) in [7, 11) is 0. The van der Waals surface area contributed by atoms with Gasteiger partial charge < -0.3 is 5.73 Å². The maximum Gasteiger partial charge on any atom is 0.187 e. The van der Waals surface area contributed by atoms with Gasteiger partial charge in [-0.15, -0.1) is 5.10 Å². The standard InChI is InChI=1S/C16H17N5/c1-10-7-13(9-14(17)8-10)16-18-19-20-21(16)15-11(2)5-4-6-12(15)3/h4-9H,17H2,1-3H3. The molecule has 3 rings (SSSR count). The molecule has 5 nitrogen and oxygen atoms in total. The van der Waals surface area contributed by atoms with Crippen LogP contribution < -0.4 is 5.73 Å². The fourth-order valence-electron chi connectivity index (χ4n) is 2.60. The van der Waals surface area contributed by atoms with E-state index < -0.39 is 0 Å². The first-order valence-corrected chi connectivity index (χ1v) is 6.79. The minimum absolute atomic E-state index is 0.697. The normalized spacial score (nSPS) is 10.8. The Labute approximate surface area is 123 Å². The number of hydrogen-bond acceptors (Lipinski definition) is 4. The molecule has 0 saturated carbocycles. The van der Waals surface area contributed by atoms with E-state index in [4.69, 9.17) is 5.73 Å². The smallest absolute Gasteiger partial charge is 0.187 e. The molecule has 0 amide bonds. The molecule has 0 aliphatic heterocycles. The summed E-state index contributed by atoms with van der Waals surface area (Å²) in [6.07, 6.45) is 0. The van der Waals surface area contributed by atoms with Crippen LogP contribution in [0.4, 0.5) is 5.69 Å². The van der Waals surface area contributed by atoms with Crippen LogP contribution in [0, 0.1) is 20.8 Å². The number of aryl methyl sites for hydroxylation is 3. The first-order chi connectivity index (χ1) is 10.1. The number of nitrogens with two attached hydrogens (primary N) is 1. The second kappa shape index (κ2) is 5.01. The predicted molar refractivity (Wildman–Crippen MR) is 83.2 cm³/mol. The van der Waals surface area contributed by atoms with Gasteiger partial charge in [-0.1, -0.05) is 18.2 Å². The maximum absolute atomic E-state index is 5.94. The van der Waals surface area contributed by atoms with Gasteiger partial charge in [-0.25, -0.2) is 0 Å². The third-order valence-corrected chi connectivity index (χ3v) is 3.48. The van der Waals surface area contributed by atoms with Crippen LogP contribution in [0.3, 0.4) is 0 Å². The zero-order valence-corrected chi connectivity index (χ0v) is 12.3. The average Bonchev–Trinajstić information content (AvgIpc) is 2.86. The van der Waals surface area contributed by atoms with Crippen molar-refractivity contribution in [2.45, 2.75) is 20.8 Å². The van der Waals surface area contributed by atoms with Crippen LogP contribution in [0.2, 0.25) is 0 Å². The third-order valence-electron chi connectivity index (χ3n) is 3.48. The fraction of sp³-hybridized carbons (Fsp3) is 0.188. The van der Waals surface area contributed by atoms with Crippen molar-refractivity contribution in [2.24, 2.45) is 0 Å². The Morgan fingerprint density at radius 3 is 2.38 bits per heavy atom. The van der Waals surface area contributed by atoms with Crippen molar-refractivity contribution < 1.29 is 0 Å². The molecule has 0 aliphatic carbocycles. The monoisotopic (exact) mass is 279 g/mol. The lowest BCUT2D eigenvalue weighted by Crippen LogP contribution is -2.04. The van der Waals surface area contributed by atoms with E-state index in [-0.39, 0.29) is 0 Å². The molecule has 0 saturated heterocycles. The molecule has 0 unspecified atom stereocenters. The van der Waals surface area contributed by atoms with Crippen molar-refractivity contribution in [3.8, 4) is 17.1 Å². The van der Waals surface area contributed by atoms with E-state index in [2.05, 4.69) is 41.5 Å². The Balaban J connectivity index is 2.22. The minimum Gasteiger partial charge on any atom is -0.399 e. The number of benzene rings is 2. The first-order valence-electron chi connectivity index (χ1n) is 6.79. The predicted octanol–water partition coefficient (Wildman–Crippen LogP) is 2.84. The van der Waals surface area contributed by atoms with E-state index in [1.807, 2.05) is 31.2 Å². The van der Waals surface area contributed by atoms with Crippen LogP contribution in [0.25, 0.3) is 17.1 Å². The second-order valence-electron chi connectivity index (χ2n) is 5.29. The van der Waals surface area contributed by atoms with Crippen LogP contribution in [0.5, 0.6) is 0 Å². The van der Waals surface area contributed by atoms with Crippen LogP contribution in [0.15, 0.2) is 36.4 Å². The number of nitrogens with zero attached hydrogens (tertiary/aromatic N) is 4. The Hall–Kier alpha value is -2.69. The molecule has 3 aromatic rings. The van der Waals surface area contributed by atoms with Gasteiger partial charge in [0.05, 0.1) is 5.69 Å². The molecule has 0 spiro atoms. The average molecular weight is 279 g/mol. The summed E-state index contributed by atoms with van der Waals surface area (Å²) in [5, 5.41) is 12.2. The number of anilines is 1. The molecular formula is C16H17N5. The fourth-order valence-corrected chi connectivity index (χ4v) is 2.60. The van der Waals surface area contributed by atoms with Gasteiger partial charge in [-0.05, 0) is 66.1 Å². The minimum atomic E-state index is 0.697. The molecule has 1 aromatic heterocycles. The zero-order chi connectivity index (χ0) is 15.0. The number of rotatable bonds is 2. The molecule has 0 atom stereocenters. The van der Waals surface area contributed by atoms with Crippen molar-refractivity contribution in [1.82, 2.24) is 20.2 Å². The molecule has 1 heterocycles. The molecular weight excluding hydrogens is 262 g/mol. The lowest BCUT2D eigenvalue weighted by Gasteiger charge is -2.11. The summed E-state index contributed by atoms with van der Waals surface area (Å²) in [4.78, 5) is 0. The molecule has 0 aliphatic rings. The van der Waals surface area contributed by atoms with E-state index >= 15 is 0 Å². The highest BCUT2D eigenvalue weighted by atomic mass is 15.5. The third kappa shape index (κ3) is 2.38. The molecule has 0 fully saturated rings. The molecule has 21 heavy (non-hydrogen) atoms. The van der Waals surface area contributed by atoms with Crippen molar-refractivity contribution in [3.05, 3.63) is 53.1 Å². The Bertz CT molecular complexity index is 764. The van der Waals surface area contributed by atoms with Gasteiger partial charge in [-0.3, -0.25) is 0 Å². The lowest BCUT2D eigenvalue weighted by atomic mass is 10.1. The highest BCUT2D eigenvalue weighted by Gasteiger charge is 2.14. The van der Waals surface area contributed by atoms with E-state index in [1.165, 1.54) is 0 Å². The van der Waals surface area contributed by atoms with Crippen molar-refractivity contribution >= 4 is 5.69 Å². The van der Waals surface area contributed by atoms with Crippen molar-refractivity contribution in [1.29, 1.82) is 0 Å². The highest BCUT2D eigenvalue weighted by molar-refractivity contribution is 5.65. The summed E-state index contributed by atoms with van der Waals surface area (Å²) in [6, 6.07) is 12.0. The van der Waals surface area contributed by atoms with Crippen molar-refractivity contribution in [2.75, 3.05) is 5.73 Å². The second-order valence-corrected chi connectivity index (χ2v) is 5.29. The summed E-state index contributed by atoms with van der Waals surface area (Å²) >= 11 is 0. The number of nitrogen functional groups attached to an aromatic ring is 1. The largest absolute Gasteiger partial charge is 0.399 e. The lowest BCUT2D eigenvalue weighted by molar-refractivity contribution is 0.783. The first kappa shape index (κ1) is 13.3. The highest BCUT2D eigenvalue weighted by Crippen LogP contribution is 2.26. The van der Waals surface area contributed by atoms with Gasteiger partial charge in [-0.2, -0.15) is 4.68 Å². The Morgan fingerprint density at radius 2 is 1.71 bits per heavy atom. The zero-order valence-electron chi connectivity index (χ0n) is 12.3. The number of hydrogen-bond donors (Lipinski definition) is 1. The number of aromatic nitrogens is 4. The number of para-hydroxylation sites is 1. The van der Waals surface area contributed by atoms with E-state index in [0.29, 0.717) is 11.5 Å². The summed E-state index contributed by atoms with van der Waals surface area (Å²) < 4.78 is 1.78. The van der Waals surface area contributed by atoms with Gasteiger partial charge in [0.1, 0.15) is 0 Å². The Kier molecular flexibility index (Phi) is 3.17. The summed E-state index contributed by atoms with van der Waals surface area (Å²) in [5.74, 6) is 0.697. The molecule has 0 radical (unpaired) electrons. The van der Waals surface area contributed by atoms with Crippen LogP contribution in [-0.4, -0.2) is 20.2 Å². The number of tetrazole rings is 1. The quantitative estimate of drug-likeness (QED) is 0.732. The van der Waals surface area contributed by atoms with Crippen LogP contribution in [0.1, 0.15) is 16.7 Å². The maximum atomic E-state index is 5.94. The molecule has 0 bridgehead atoms. The van der Waals surface area contributed by atoms with Gasteiger partial charge in [0.2, 0.25) is 0 Å². The van der Waals surface area contributed by atoms with E-state index in [1.54, 1.807) is 4.68 Å². The SMILES string of the molecule is Cc1cc(N)cc(-c2nnnn2-c2c(C)cccc2C)c1. The Morgan fingerprint density at radius 1 is 1.00 bits per heavy atom. The molecule has 2 aromatic carbocycles. The van der Waals surface area contributed by atoms with Crippen LogP contribution in [-0.2, 0) is 0 Å². The molecule has 106 valence electrons. The molecule has 2 N–H and O–H groups in total. The van der Waals surface area contributed by atoms with Gasteiger partial charge in [0.15, 0.2) is 5.82 Å². The topological polar surface area (TPSA) is 69.6 Å².